The van der Waals surface area contributed by atoms with Crippen molar-refractivity contribution in [2.24, 2.45) is 0 Å². The highest BCUT2D eigenvalue weighted by atomic mass is 14.9. The molecule has 72 valence electrons. The lowest BCUT2D eigenvalue weighted by atomic mass is 10.1. The van der Waals surface area contributed by atoms with Gasteiger partial charge in [-0.25, -0.2) is 0 Å². The number of aromatic nitrogens is 1. The van der Waals surface area contributed by atoms with Crippen molar-refractivity contribution in [2.45, 2.75) is 13.5 Å². The van der Waals surface area contributed by atoms with E-state index in [0.29, 0.717) is 0 Å². The quantitative estimate of drug-likeness (QED) is 0.558. The number of nitrogens with zero attached hydrogens (tertiary/aromatic N) is 1. The molecule has 0 fully saturated rings. The van der Waals surface area contributed by atoms with Gasteiger partial charge in [0.2, 0.25) is 0 Å². The van der Waals surface area contributed by atoms with Crippen LogP contribution in [-0.4, -0.2) is 4.57 Å². The molecule has 0 saturated carbocycles. The van der Waals surface area contributed by atoms with Crippen LogP contribution in [0.1, 0.15) is 6.92 Å². The minimum atomic E-state index is 0.938. The molecule has 3 aromatic rings. The van der Waals surface area contributed by atoms with Crippen molar-refractivity contribution in [3.05, 3.63) is 48.7 Å². The molecule has 0 amide bonds. The maximum Gasteiger partial charge on any atom is 0.0724 e. The summed E-state index contributed by atoms with van der Waals surface area (Å²) in [5.41, 5.74) is 1.25. The van der Waals surface area contributed by atoms with E-state index in [-0.39, 0.29) is 0 Å². The molecule has 0 N–H and O–H groups in total. The largest absolute Gasteiger partial charge is 0.300 e. The summed E-state index contributed by atoms with van der Waals surface area (Å²) in [5.74, 6) is 0. The number of fused-ring (bicyclic) bond motifs is 3. The van der Waals surface area contributed by atoms with Gasteiger partial charge in [-0.1, -0.05) is 30.3 Å². The Morgan fingerprint density at radius 3 is 2.87 bits per heavy atom. The fraction of sp³-hybridized carbons (Fsp3) is 0.143. The van der Waals surface area contributed by atoms with Gasteiger partial charge in [0.05, 0.1) is 10.9 Å². The lowest BCUT2D eigenvalue weighted by Gasteiger charge is -2.03. The number of hydrogen-bond donors (Lipinski definition) is 0. The smallest absolute Gasteiger partial charge is 0.0724 e. The predicted molar refractivity (Wildman–Crippen MR) is 62.8 cm³/mol. The Kier molecular flexibility index (Phi) is 1.69. The Morgan fingerprint density at radius 2 is 2.00 bits per heavy atom. The molecule has 1 heterocycles. The molecule has 0 aliphatic heterocycles. The van der Waals surface area contributed by atoms with Crippen molar-refractivity contribution in [2.75, 3.05) is 0 Å². The summed E-state index contributed by atoms with van der Waals surface area (Å²) in [4.78, 5) is 0. The molecule has 15 heavy (non-hydrogen) atoms. The summed E-state index contributed by atoms with van der Waals surface area (Å²) in [7, 11) is 0. The summed E-state index contributed by atoms with van der Waals surface area (Å²) in [6.07, 6.45) is 3.15. The molecule has 2 aromatic carbocycles. The van der Waals surface area contributed by atoms with Crippen LogP contribution in [0.5, 0.6) is 0 Å². The molecule has 1 nitrogen and oxygen atoms in total. The van der Waals surface area contributed by atoms with Gasteiger partial charge in [0.25, 0.3) is 0 Å². The average Bonchev–Trinajstić information content (AvgIpc) is 2.72. The SMILES string of the molecule is CCn1c#cc2ccc3ccccc3c21. The van der Waals surface area contributed by atoms with Gasteiger partial charge in [-0.3, -0.25) is 4.57 Å². The Balaban J connectivity index is 2.56. The molecule has 0 radical (unpaired) electrons. The van der Waals surface area contributed by atoms with Crippen LogP contribution in [0.15, 0.2) is 36.4 Å². The highest BCUT2D eigenvalue weighted by molar-refractivity contribution is 6.05. The topological polar surface area (TPSA) is 4.93 Å². The molecule has 1 aromatic heterocycles. The van der Waals surface area contributed by atoms with Crippen molar-refractivity contribution in [3.63, 3.8) is 0 Å². The molecule has 0 atom stereocenters. The standard InChI is InChI=1S/C14H11N/c1-2-15-10-9-12-8-7-11-5-3-4-6-13(11)14(12)15/h3-8H,2H2,1H3. The Labute approximate surface area is 88.9 Å². The fourth-order valence-electron chi connectivity index (χ4n) is 2.07. The predicted octanol–water partition coefficient (Wildman–Crippen LogP) is 3.41. The lowest BCUT2D eigenvalue weighted by Crippen LogP contribution is -1.91. The van der Waals surface area contributed by atoms with Gasteiger partial charge in [0.15, 0.2) is 0 Å². The highest BCUT2D eigenvalue weighted by Crippen LogP contribution is 2.23. The van der Waals surface area contributed by atoms with Crippen LogP contribution < -0.4 is 0 Å². The third kappa shape index (κ3) is 1.12. The summed E-state index contributed by atoms with van der Waals surface area (Å²) in [5, 5.41) is 3.71. The van der Waals surface area contributed by atoms with E-state index in [9.17, 15) is 0 Å². The van der Waals surface area contributed by atoms with E-state index < -0.39 is 0 Å². The molecular formula is C14H11N. The average molecular weight is 193 g/mol. The van der Waals surface area contributed by atoms with Crippen molar-refractivity contribution in [1.29, 1.82) is 0 Å². The second-order valence-corrected chi connectivity index (χ2v) is 3.66. The van der Waals surface area contributed by atoms with Crippen LogP contribution in [0.2, 0.25) is 0 Å². The molecule has 0 unspecified atom stereocenters. The fourth-order valence-corrected chi connectivity index (χ4v) is 2.07. The first-order valence-corrected chi connectivity index (χ1v) is 5.21. The summed E-state index contributed by atoms with van der Waals surface area (Å²) in [6, 6.07) is 15.9. The second-order valence-electron chi connectivity index (χ2n) is 3.66. The van der Waals surface area contributed by atoms with Gasteiger partial charge in [-0.15, -0.1) is 0 Å². The number of hydrogen-bond acceptors (Lipinski definition) is 0. The van der Waals surface area contributed by atoms with Gasteiger partial charge >= 0.3 is 0 Å². The minimum absolute atomic E-state index is 0.938. The van der Waals surface area contributed by atoms with Crippen molar-refractivity contribution in [1.82, 2.24) is 4.57 Å². The Bertz CT molecular complexity index is 619. The summed E-state index contributed by atoms with van der Waals surface area (Å²) >= 11 is 0. The number of aryl methyl sites for hydroxylation is 1. The molecule has 0 spiro atoms. The van der Waals surface area contributed by atoms with E-state index in [0.717, 1.165) is 11.9 Å². The molecule has 1 heteroatoms. The lowest BCUT2D eigenvalue weighted by molar-refractivity contribution is 0.800. The first-order valence-electron chi connectivity index (χ1n) is 5.21. The van der Waals surface area contributed by atoms with Crippen molar-refractivity contribution >= 4 is 21.7 Å². The maximum absolute atomic E-state index is 3.17. The monoisotopic (exact) mass is 193 g/mol. The minimum Gasteiger partial charge on any atom is -0.300 e. The van der Waals surface area contributed by atoms with Crippen LogP contribution in [-0.2, 0) is 6.54 Å². The summed E-state index contributed by atoms with van der Waals surface area (Å²) < 4.78 is 2.12. The van der Waals surface area contributed by atoms with Crippen LogP contribution in [0.3, 0.4) is 0 Å². The molecule has 0 bridgehead atoms. The van der Waals surface area contributed by atoms with Gasteiger partial charge in [0.1, 0.15) is 0 Å². The zero-order chi connectivity index (χ0) is 10.3. The van der Waals surface area contributed by atoms with E-state index >= 15 is 0 Å². The van der Waals surface area contributed by atoms with E-state index in [4.69, 9.17) is 0 Å². The third-order valence-electron chi connectivity index (χ3n) is 2.81. The molecule has 0 aliphatic rings. The summed E-state index contributed by atoms with van der Waals surface area (Å²) in [6.45, 7) is 3.07. The molecule has 3 rings (SSSR count). The van der Waals surface area contributed by atoms with Crippen LogP contribution in [0.25, 0.3) is 21.7 Å². The van der Waals surface area contributed by atoms with E-state index in [1.165, 1.54) is 16.3 Å². The highest BCUT2D eigenvalue weighted by Gasteiger charge is 2.02. The van der Waals surface area contributed by atoms with Crippen LogP contribution >= 0.6 is 0 Å². The van der Waals surface area contributed by atoms with Crippen LogP contribution in [0, 0.1) is 12.3 Å². The number of rotatable bonds is 1. The van der Waals surface area contributed by atoms with Gasteiger partial charge in [-0.2, -0.15) is 0 Å². The van der Waals surface area contributed by atoms with Crippen molar-refractivity contribution in [3.8, 4) is 0 Å². The molecule has 0 aliphatic carbocycles. The molecular weight excluding hydrogens is 182 g/mol. The first kappa shape index (κ1) is 8.38. The zero-order valence-electron chi connectivity index (χ0n) is 8.62. The van der Waals surface area contributed by atoms with Gasteiger partial charge in [-0.05, 0) is 24.4 Å². The molecule has 0 saturated heterocycles. The van der Waals surface area contributed by atoms with Gasteiger partial charge < -0.3 is 0 Å². The number of benzene rings is 2. The first-order chi connectivity index (χ1) is 7.40. The van der Waals surface area contributed by atoms with Crippen molar-refractivity contribution < 1.29 is 0 Å². The third-order valence-corrected chi connectivity index (χ3v) is 2.81. The van der Waals surface area contributed by atoms with Gasteiger partial charge in [0, 0.05) is 18.1 Å². The van der Waals surface area contributed by atoms with E-state index in [1.807, 2.05) is 0 Å². The van der Waals surface area contributed by atoms with E-state index in [2.05, 4.69) is 60.2 Å². The zero-order valence-corrected chi connectivity index (χ0v) is 8.62. The Hall–Kier alpha value is -1.94. The maximum atomic E-state index is 3.17. The normalized spacial score (nSPS) is 10.7. The second kappa shape index (κ2) is 3.03. The Morgan fingerprint density at radius 1 is 1.13 bits per heavy atom. The van der Waals surface area contributed by atoms with Crippen LogP contribution in [0.4, 0.5) is 0 Å². The van der Waals surface area contributed by atoms with E-state index in [1.54, 1.807) is 0 Å².